The van der Waals surface area contributed by atoms with E-state index in [0.717, 1.165) is 22.0 Å². The maximum absolute atomic E-state index is 13.8. The second-order valence-electron chi connectivity index (χ2n) is 9.27. The number of aliphatic hydroxyl groups excluding tert-OH is 2. The number of aromatic nitrogens is 4. The molecule has 6 rings (SSSR count). The second kappa shape index (κ2) is 7.54. The number of nitrogens with one attached hydrogen (secondary N) is 1. The summed E-state index contributed by atoms with van der Waals surface area (Å²) in [4.78, 5) is 26.8. The number of nitrogen functional groups attached to an aromatic ring is 1. The number of benzene rings is 1. The standard InChI is InChI=1S/C24H23BrN6O3/c1-11-14-4-5-31(23(14)29-10-28-11)17-8-24(21(34)19(17)32)9-27-18(20(24)33)13-3-2-12-6-15(25)22(26)30-16(12)7-13/h2-7,10,17-19,21,27,32,34H,8-9H2,1H3,(H2,26,30)/t17-,18+,19+,21+,24+/m1/s1. The summed E-state index contributed by atoms with van der Waals surface area (Å²) >= 11 is 3.39. The number of aliphatic hydroxyl groups is 2. The molecular weight excluding hydrogens is 500 g/mol. The van der Waals surface area contributed by atoms with Crippen molar-refractivity contribution in [2.24, 2.45) is 5.41 Å². The Hall–Kier alpha value is -2.92. The third-order valence-corrected chi connectivity index (χ3v) is 8.09. The van der Waals surface area contributed by atoms with E-state index < -0.39 is 29.7 Å². The van der Waals surface area contributed by atoms with Gasteiger partial charge in [-0.1, -0.05) is 12.1 Å². The van der Waals surface area contributed by atoms with Crippen molar-refractivity contribution in [3.63, 3.8) is 0 Å². The molecule has 1 aromatic carbocycles. The van der Waals surface area contributed by atoms with Crippen LogP contribution in [0.25, 0.3) is 21.9 Å². The average Bonchev–Trinajstić information content (AvgIpc) is 3.46. The van der Waals surface area contributed by atoms with Crippen LogP contribution >= 0.6 is 15.9 Å². The highest BCUT2D eigenvalue weighted by Crippen LogP contribution is 2.50. The number of nitrogens with two attached hydrogens (primary N) is 1. The van der Waals surface area contributed by atoms with Gasteiger partial charge in [0.15, 0.2) is 5.78 Å². The van der Waals surface area contributed by atoms with Crippen LogP contribution in [0.1, 0.15) is 29.8 Å². The van der Waals surface area contributed by atoms with Crippen LogP contribution in [0.4, 0.5) is 5.82 Å². The number of fused-ring (bicyclic) bond motifs is 2. The molecule has 0 radical (unpaired) electrons. The van der Waals surface area contributed by atoms with Crippen molar-refractivity contribution in [2.45, 2.75) is 37.6 Å². The number of carbonyl (C=O) groups is 1. The lowest BCUT2D eigenvalue weighted by molar-refractivity contribution is -0.132. The number of hydrogen-bond acceptors (Lipinski definition) is 8. The van der Waals surface area contributed by atoms with Gasteiger partial charge in [-0.2, -0.15) is 0 Å². The molecule has 9 nitrogen and oxygen atoms in total. The summed E-state index contributed by atoms with van der Waals surface area (Å²) in [7, 11) is 0. The number of ketones is 1. The highest BCUT2D eigenvalue weighted by Gasteiger charge is 2.61. The first kappa shape index (κ1) is 21.6. The largest absolute Gasteiger partial charge is 0.389 e. The Morgan fingerprint density at radius 2 is 2.06 bits per heavy atom. The van der Waals surface area contributed by atoms with E-state index in [-0.39, 0.29) is 12.3 Å². The number of pyridine rings is 1. The molecule has 3 aromatic heterocycles. The smallest absolute Gasteiger partial charge is 0.164 e. The molecule has 1 aliphatic carbocycles. The maximum Gasteiger partial charge on any atom is 0.164 e. The normalized spacial score (nSPS) is 29.1. The molecule has 174 valence electrons. The Labute approximate surface area is 203 Å². The second-order valence-corrected chi connectivity index (χ2v) is 10.1. The average molecular weight is 523 g/mol. The zero-order valence-corrected chi connectivity index (χ0v) is 19.9. The number of halogens is 1. The molecule has 0 amide bonds. The minimum atomic E-state index is -1.20. The van der Waals surface area contributed by atoms with E-state index >= 15 is 0 Å². The van der Waals surface area contributed by atoms with E-state index in [1.54, 1.807) is 0 Å². The van der Waals surface area contributed by atoms with Gasteiger partial charge in [-0.25, -0.2) is 15.0 Å². The van der Waals surface area contributed by atoms with Crippen LogP contribution in [-0.2, 0) is 4.79 Å². The molecule has 34 heavy (non-hydrogen) atoms. The van der Waals surface area contributed by atoms with E-state index in [1.807, 2.05) is 48.0 Å². The maximum atomic E-state index is 13.8. The summed E-state index contributed by atoms with van der Waals surface area (Å²) in [6, 6.07) is 8.33. The lowest BCUT2D eigenvalue weighted by Gasteiger charge is -2.25. The van der Waals surface area contributed by atoms with Gasteiger partial charge in [0.2, 0.25) is 0 Å². The van der Waals surface area contributed by atoms with Crippen molar-refractivity contribution in [3.8, 4) is 0 Å². The van der Waals surface area contributed by atoms with E-state index in [9.17, 15) is 15.0 Å². The van der Waals surface area contributed by atoms with Crippen LogP contribution < -0.4 is 11.1 Å². The fourth-order valence-corrected chi connectivity index (χ4v) is 5.91. The molecule has 0 bridgehead atoms. The van der Waals surface area contributed by atoms with Gasteiger partial charge in [-0.3, -0.25) is 4.79 Å². The molecular formula is C24H23BrN6O3. The van der Waals surface area contributed by atoms with Crippen LogP contribution in [0.5, 0.6) is 0 Å². The van der Waals surface area contributed by atoms with E-state index in [1.165, 1.54) is 6.33 Å². The van der Waals surface area contributed by atoms with Gasteiger partial charge in [0.05, 0.1) is 39.3 Å². The number of aryl methyl sites for hydroxylation is 1. The molecule has 1 saturated heterocycles. The summed E-state index contributed by atoms with van der Waals surface area (Å²) in [6.45, 7) is 2.17. The van der Waals surface area contributed by atoms with Crippen molar-refractivity contribution in [3.05, 3.63) is 58.6 Å². The van der Waals surface area contributed by atoms with Gasteiger partial charge in [-0.05, 0) is 53.0 Å². The SMILES string of the molecule is Cc1ncnc2c1ccn2[C@@H]1C[C@@]2(CN[C@@H](c3ccc4cc(Br)c(N)nc4c3)C2=O)[C@@H](O)[C@H]1O. The van der Waals surface area contributed by atoms with Gasteiger partial charge in [-0.15, -0.1) is 0 Å². The number of nitrogens with zero attached hydrogens (tertiary/aromatic N) is 4. The topological polar surface area (TPSA) is 139 Å². The molecule has 1 spiro atoms. The molecule has 0 unspecified atom stereocenters. The van der Waals surface area contributed by atoms with Crippen LogP contribution in [0.2, 0.25) is 0 Å². The molecule has 4 aromatic rings. The number of rotatable bonds is 2. The highest BCUT2D eigenvalue weighted by atomic mass is 79.9. The minimum absolute atomic E-state index is 0.131. The first-order chi connectivity index (χ1) is 16.3. The Bertz CT molecular complexity index is 1470. The predicted molar refractivity (Wildman–Crippen MR) is 130 cm³/mol. The van der Waals surface area contributed by atoms with Crippen molar-refractivity contribution in [1.82, 2.24) is 24.8 Å². The van der Waals surface area contributed by atoms with E-state index in [4.69, 9.17) is 5.73 Å². The van der Waals surface area contributed by atoms with E-state index in [2.05, 4.69) is 36.2 Å². The zero-order valence-electron chi connectivity index (χ0n) is 18.3. The number of hydrogen-bond donors (Lipinski definition) is 4. The molecule has 2 aliphatic rings. The van der Waals surface area contributed by atoms with Crippen molar-refractivity contribution in [2.75, 3.05) is 12.3 Å². The number of carbonyl (C=O) groups excluding carboxylic acids is 1. The van der Waals surface area contributed by atoms with Crippen molar-refractivity contribution < 1.29 is 15.0 Å². The minimum Gasteiger partial charge on any atom is -0.389 e. The van der Waals surface area contributed by atoms with Gasteiger partial charge in [0.1, 0.15) is 23.9 Å². The highest BCUT2D eigenvalue weighted by molar-refractivity contribution is 9.10. The van der Waals surface area contributed by atoms with E-state index in [0.29, 0.717) is 27.9 Å². The predicted octanol–water partition coefficient (Wildman–Crippen LogP) is 2.20. The third-order valence-electron chi connectivity index (χ3n) is 7.45. The summed E-state index contributed by atoms with van der Waals surface area (Å²) in [5, 5.41) is 27.2. The first-order valence-electron chi connectivity index (χ1n) is 11.1. The quantitative estimate of drug-likeness (QED) is 0.314. The Morgan fingerprint density at radius 3 is 2.88 bits per heavy atom. The molecule has 5 N–H and O–H groups in total. The monoisotopic (exact) mass is 522 g/mol. The van der Waals surface area contributed by atoms with Crippen LogP contribution in [0.3, 0.4) is 0 Å². The molecule has 1 aliphatic heterocycles. The summed E-state index contributed by atoms with van der Waals surface area (Å²) in [5.74, 6) is 0.246. The van der Waals surface area contributed by atoms with Gasteiger partial charge < -0.3 is 25.8 Å². The Balaban J connectivity index is 1.35. The molecule has 2 fully saturated rings. The lowest BCUT2D eigenvalue weighted by Crippen LogP contribution is -2.42. The molecule has 5 atom stereocenters. The summed E-state index contributed by atoms with van der Waals surface area (Å²) in [5.41, 5.74) is 7.80. The van der Waals surface area contributed by atoms with Crippen LogP contribution in [0.15, 0.2) is 47.3 Å². The molecule has 1 saturated carbocycles. The summed E-state index contributed by atoms with van der Waals surface area (Å²) in [6.07, 6.45) is 1.32. The van der Waals surface area contributed by atoms with Gasteiger partial charge in [0.25, 0.3) is 0 Å². The molecule has 10 heteroatoms. The molecule has 4 heterocycles. The Kier molecular flexibility index (Phi) is 4.79. The summed E-state index contributed by atoms with van der Waals surface area (Å²) < 4.78 is 2.57. The number of anilines is 1. The van der Waals surface area contributed by atoms with Crippen molar-refractivity contribution in [1.29, 1.82) is 0 Å². The van der Waals surface area contributed by atoms with Gasteiger partial charge in [0, 0.05) is 23.5 Å². The Morgan fingerprint density at radius 1 is 1.24 bits per heavy atom. The van der Waals surface area contributed by atoms with Crippen LogP contribution in [0, 0.1) is 12.3 Å². The van der Waals surface area contributed by atoms with Gasteiger partial charge >= 0.3 is 0 Å². The lowest BCUT2D eigenvalue weighted by atomic mass is 9.79. The first-order valence-corrected chi connectivity index (χ1v) is 11.9. The number of Topliss-reactive ketones (excluding diaryl/α,β-unsaturated/α-hetero) is 1. The van der Waals surface area contributed by atoms with Crippen LogP contribution in [-0.4, -0.2) is 54.3 Å². The zero-order chi connectivity index (χ0) is 23.8. The fraction of sp³-hybridized carbons (Fsp3) is 0.333. The fourth-order valence-electron chi connectivity index (χ4n) is 5.58. The van der Waals surface area contributed by atoms with Crippen molar-refractivity contribution >= 4 is 49.5 Å². The third kappa shape index (κ3) is 2.96.